The normalized spacial score (nSPS) is 22.0. The Balaban J connectivity index is 1.67. The van der Waals surface area contributed by atoms with Crippen LogP contribution in [0.1, 0.15) is 37.3 Å². The molecule has 2 aliphatic heterocycles. The largest absolute Gasteiger partial charge is 0.493 e. The van der Waals surface area contributed by atoms with Gasteiger partial charge in [-0.2, -0.15) is 0 Å². The summed E-state index contributed by atoms with van der Waals surface area (Å²) in [6.07, 6.45) is 3.25. The van der Waals surface area contributed by atoms with E-state index in [1.807, 2.05) is 0 Å². The Labute approximate surface area is 135 Å². The first-order valence-corrected chi connectivity index (χ1v) is 8.26. The Kier molecular flexibility index (Phi) is 5.00. The third-order valence-corrected chi connectivity index (χ3v) is 4.70. The number of carbonyl (C=O) groups is 1. The van der Waals surface area contributed by atoms with Crippen LogP contribution in [-0.4, -0.2) is 42.3 Å². The first kappa shape index (κ1) is 16.1. The lowest BCUT2D eigenvalue weighted by Gasteiger charge is -2.32. The highest BCUT2D eigenvalue weighted by Gasteiger charge is 2.26. The Morgan fingerprint density at radius 1 is 1.35 bits per heavy atom. The minimum atomic E-state index is -0.332. The van der Waals surface area contributed by atoms with Gasteiger partial charge in [-0.05, 0) is 37.7 Å². The first-order chi connectivity index (χ1) is 11.2. The summed E-state index contributed by atoms with van der Waals surface area (Å²) in [4.78, 5) is 14.3. The minimum Gasteiger partial charge on any atom is -0.493 e. The number of likely N-dealkylation sites (tertiary alicyclic amines) is 1. The maximum Gasteiger partial charge on any atom is 0.317 e. The van der Waals surface area contributed by atoms with Gasteiger partial charge in [0.15, 0.2) is 0 Å². The van der Waals surface area contributed by atoms with Gasteiger partial charge in [0.05, 0.1) is 12.6 Å². The first-order valence-electron chi connectivity index (χ1n) is 8.26. The summed E-state index contributed by atoms with van der Waals surface area (Å²) >= 11 is 0. The molecular weight excluding hydrogens is 299 g/mol. The number of halogens is 1. The van der Waals surface area contributed by atoms with E-state index in [1.54, 1.807) is 11.0 Å². The number of aliphatic hydroxyl groups excluding tert-OH is 1. The zero-order valence-electron chi connectivity index (χ0n) is 13.1. The highest BCUT2D eigenvalue weighted by Crippen LogP contribution is 2.32. The third-order valence-electron chi connectivity index (χ3n) is 4.70. The smallest absolute Gasteiger partial charge is 0.317 e. The fourth-order valence-electron chi connectivity index (χ4n) is 3.26. The zero-order chi connectivity index (χ0) is 16.2. The van der Waals surface area contributed by atoms with Gasteiger partial charge in [-0.3, -0.25) is 0 Å². The zero-order valence-corrected chi connectivity index (χ0v) is 13.1. The van der Waals surface area contributed by atoms with Crippen molar-refractivity contribution >= 4 is 6.03 Å². The predicted molar refractivity (Wildman–Crippen MR) is 83.8 cm³/mol. The molecule has 2 N–H and O–H groups in total. The van der Waals surface area contributed by atoms with Crippen LogP contribution in [0.25, 0.3) is 0 Å². The highest BCUT2D eigenvalue weighted by atomic mass is 19.1. The topological polar surface area (TPSA) is 61.8 Å². The number of nitrogens with zero attached hydrogens (tertiary/aromatic N) is 1. The lowest BCUT2D eigenvalue weighted by Crippen LogP contribution is -2.45. The summed E-state index contributed by atoms with van der Waals surface area (Å²) in [5.74, 6) is 0.489. The Bertz CT molecular complexity index is 559. The SMILES string of the molecule is O=C(NC1CCCOc2cc(F)ccc21)N1CCC(CO)CC1. The molecule has 2 amide bonds. The van der Waals surface area contributed by atoms with Gasteiger partial charge in [-0.15, -0.1) is 0 Å². The molecule has 126 valence electrons. The van der Waals surface area contributed by atoms with E-state index in [-0.39, 0.29) is 24.5 Å². The van der Waals surface area contributed by atoms with E-state index in [0.717, 1.165) is 31.2 Å². The lowest BCUT2D eigenvalue weighted by molar-refractivity contribution is 0.135. The summed E-state index contributed by atoms with van der Waals surface area (Å²) in [7, 11) is 0. The van der Waals surface area contributed by atoms with E-state index in [0.29, 0.717) is 31.4 Å². The van der Waals surface area contributed by atoms with Crippen LogP contribution in [0.5, 0.6) is 5.75 Å². The van der Waals surface area contributed by atoms with E-state index >= 15 is 0 Å². The van der Waals surface area contributed by atoms with Crippen molar-refractivity contribution in [1.29, 1.82) is 0 Å². The molecule has 5 nitrogen and oxygen atoms in total. The van der Waals surface area contributed by atoms with Gasteiger partial charge in [0.1, 0.15) is 11.6 Å². The number of fused-ring (bicyclic) bond motifs is 1. The molecule has 0 aromatic heterocycles. The molecule has 2 aliphatic rings. The number of ether oxygens (including phenoxy) is 1. The highest BCUT2D eigenvalue weighted by molar-refractivity contribution is 5.75. The molecule has 23 heavy (non-hydrogen) atoms. The molecule has 3 rings (SSSR count). The summed E-state index contributed by atoms with van der Waals surface area (Å²) in [5.41, 5.74) is 0.836. The van der Waals surface area contributed by atoms with E-state index < -0.39 is 0 Å². The van der Waals surface area contributed by atoms with Crippen molar-refractivity contribution in [2.75, 3.05) is 26.3 Å². The van der Waals surface area contributed by atoms with Gasteiger partial charge in [-0.1, -0.05) is 6.07 Å². The molecular formula is C17H23FN2O3. The van der Waals surface area contributed by atoms with Crippen LogP contribution in [0.3, 0.4) is 0 Å². The number of piperidine rings is 1. The molecule has 6 heteroatoms. The number of rotatable bonds is 2. The standard InChI is InChI=1S/C17H23FN2O3/c18-13-3-4-14-15(2-1-9-23-16(14)10-13)19-17(22)20-7-5-12(11-21)6-8-20/h3-4,10,12,15,21H,1-2,5-9,11H2,(H,19,22). The maximum atomic E-state index is 13.4. The second-order valence-electron chi connectivity index (χ2n) is 6.29. The number of nitrogens with one attached hydrogen (secondary N) is 1. The van der Waals surface area contributed by atoms with Crippen LogP contribution >= 0.6 is 0 Å². The fourth-order valence-corrected chi connectivity index (χ4v) is 3.26. The molecule has 1 unspecified atom stereocenters. The molecule has 1 aromatic rings. The Hall–Kier alpha value is -1.82. The van der Waals surface area contributed by atoms with Crippen LogP contribution in [-0.2, 0) is 0 Å². The molecule has 1 aromatic carbocycles. The van der Waals surface area contributed by atoms with E-state index in [2.05, 4.69) is 5.32 Å². The molecule has 0 bridgehead atoms. The average Bonchev–Trinajstić information content (AvgIpc) is 2.76. The number of urea groups is 1. The van der Waals surface area contributed by atoms with E-state index in [1.165, 1.54) is 12.1 Å². The number of hydrogen-bond donors (Lipinski definition) is 2. The van der Waals surface area contributed by atoms with Crippen LogP contribution in [0.15, 0.2) is 18.2 Å². The van der Waals surface area contributed by atoms with Gasteiger partial charge >= 0.3 is 6.03 Å². The number of aliphatic hydroxyl groups is 1. The molecule has 0 spiro atoms. The molecule has 0 aliphatic carbocycles. The molecule has 2 heterocycles. The summed E-state index contributed by atoms with van der Waals surface area (Å²) in [5, 5.41) is 12.2. The maximum absolute atomic E-state index is 13.4. The average molecular weight is 322 g/mol. The summed E-state index contributed by atoms with van der Waals surface area (Å²) in [6, 6.07) is 4.23. The minimum absolute atomic E-state index is 0.0939. The van der Waals surface area contributed by atoms with Gasteiger partial charge in [0.25, 0.3) is 0 Å². The third kappa shape index (κ3) is 3.75. The van der Waals surface area contributed by atoms with Crippen LogP contribution < -0.4 is 10.1 Å². The van der Waals surface area contributed by atoms with Crippen molar-refractivity contribution in [3.05, 3.63) is 29.6 Å². The van der Waals surface area contributed by atoms with Crippen molar-refractivity contribution in [2.45, 2.75) is 31.7 Å². The van der Waals surface area contributed by atoms with Gasteiger partial charge in [0.2, 0.25) is 0 Å². The van der Waals surface area contributed by atoms with Crippen molar-refractivity contribution < 1.29 is 19.0 Å². The number of hydrogen-bond acceptors (Lipinski definition) is 3. The molecule has 0 radical (unpaired) electrons. The fraction of sp³-hybridized carbons (Fsp3) is 0.588. The molecule has 1 atom stereocenters. The molecule has 1 fully saturated rings. The number of carbonyl (C=O) groups excluding carboxylic acids is 1. The quantitative estimate of drug-likeness (QED) is 0.879. The monoisotopic (exact) mass is 322 g/mol. The summed E-state index contributed by atoms with van der Waals surface area (Å²) < 4.78 is 19.0. The molecule has 0 saturated carbocycles. The second kappa shape index (κ2) is 7.17. The van der Waals surface area contributed by atoms with Gasteiger partial charge in [0, 0.05) is 31.3 Å². The van der Waals surface area contributed by atoms with Crippen LogP contribution in [0.4, 0.5) is 9.18 Å². The van der Waals surface area contributed by atoms with Gasteiger partial charge < -0.3 is 20.1 Å². The number of amides is 2. The van der Waals surface area contributed by atoms with Crippen molar-refractivity contribution in [2.24, 2.45) is 5.92 Å². The van der Waals surface area contributed by atoms with E-state index in [4.69, 9.17) is 4.74 Å². The van der Waals surface area contributed by atoms with Crippen LogP contribution in [0.2, 0.25) is 0 Å². The van der Waals surface area contributed by atoms with Gasteiger partial charge in [-0.25, -0.2) is 9.18 Å². The van der Waals surface area contributed by atoms with Crippen molar-refractivity contribution in [1.82, 2.24) is 10.2 Å². The second-order valence-corrected chi connectivity index (χ2v) is 6.29. The van der Waals surface area contributed by atoms with E-state index in [9.17, 15) is 14.3 Å². The Morgan fingerprint density at radius 2 is 2.13 bits per heavy atom. The Morgan fingerprint density at radius 3 is 2.87 bits per heavy atom. The van der Waals surface area contributed by atoms with Crippen molar-refractivity contribution in [3.8, 4) is 5.75 Å². The predicted octanol–water partition coefficient (Wildman–Crippen LogP) is 2.45. The van der Waals surface area contributed by atoms with Crippen molar-refractivity contribution in [3.63, 3.8) is 0 Å². The van der Waals surface area contributed by atoms with Crippen LogP contribution in [0, 0.1) is 11.7 Å². The number of benzene rings is 1. The molecule has 1 saturated heterocycles. The summed E-state index contributed by atoms with van der Waals surface area (Å²) in [6.45, 7) is 2.05. The lowest BCUT2D eigenvalue weighted by atomic mass is 9.98.